The van der Waals surface area contributed by atoms with Gasteiger partial charge in [-0.1, -0.05) is 6.08 Å². The Kier molecular flexibility index (Phi) is 6.09. The highest BCUT2D eigenvalue weighted by Crippen LogP contribution is 1.92. The van der Waals surface area contributed by atoms with Gasteiger partial charge in [0.2, 0.25) is 5.91 Å². The summed E-state index contributed by atoms with van der Waals surface area (Å²) in [5, 5.41) is 11.3. The lowest BCUT2D eigenvalue weighted by molar-refractivity contribution is -0.136. The first-order chi connectivity index (χ1) is 7.37. The smallest absolute Gasteiger partial charge is 0.305 e. The van der Waals surface area contributed by atoms with Crippen molar-refractivity contribution in [2.24, 2.45) is 0 Å². The van der Waals surface area contributed by atoms with Gasteiger partial charge in [0, 0.05) is 18.0 Å². The van der Waals surface area contributed by atoms with Gasteiger partial charge in [-0.05, 0) is 0 Å². The molecule has 2 N–H and O–H groups in total. The fourth-order valence-corrected chi connectivity index (χ4v) is 1.51. The predicted octanol–water partition coefficient (Wildman–Crippen LogP) is -0.308. The van der Waals surface area contributed by atoms with Gasteiger partial charge in [-0.2, -0.15) is 0 Å². The lowest BCUT2D eigenvalue weighted by atomic mass is 10.4. The Bertz CT molecular complexity index is 396. The molecule has 0 aliphatic heterocycles. The van der Waals surface area contributed by atoms with E-state index in [1.807, 2.05) is 0 Å². The fraction of sp³-hybridized carbons (Fsp3) is 0.333. The average Bonchev–Trinajstić information content (AvgIpc) is 2.14. The van der Waals surface area contributed by atoms with Crippen molar-refractivity contribution < 1.29 is 23.1 Å². The normalized spacial score (nSPS) is 11.2. The lowest BCUT2D eigenvalue weighted by Crippen LogP contribution is -2.24. The number of carbonyl (C=O) groups excluding carboxylic acids is 1. The van der Waals surface area contributed by atoms with Gasteiger partial charge < -0.3 is 10.4 Å². The molecule has 7 heteroatoms. The zero-order valence-corrected chi connectivity index (χ0v) is 9.37. The molecule has 1 amide bonds. The van der Waals surface area contributed by atoms with E-state index >= 15 is 0 Å². The fourth-order valence-electron chi connectivity index (χ4n) is 0.737. The maximum absolute atomic E-state index is 11.1. The molecule has 0 saturated carbocycles. The van der Waals surface area contributed by atoms with Crippen molar-refractivity contribution in [1.29, 1.82) is 0 Å². The molecular weight excluding hydrogens is 234 g/mol. The second-order valence-corrected chi connectivity index (χ2v) is 4.79. The molecule has 90 valence electrons. The van der Waals surface area contributed by atoms with E-state index in [-0.39, 0.29) is 18.7 Å². The number of sulfone groups is 1. The first kappa shape index (κ1) is 14.4. The number of nitrogens with one attached hydrogen (secondary N) is 1. The molecular formula is C9H13NO5S. The highest BCUT2D eigenvalue weighted by atomic mass is 32.2. The maximum atomic E-state index is 11.1. The molecule has 0 aromatic carbocycles. The van der Waals surface area contributed by atoms with Crippen molar-refractivity contribution >= 4 is 21.7 Å². The Morgan fingerprint density at radius 3 is 2.50 bits per heavy atom. The summed E-state index contributed by atoms with van der Waals surface area (Å²) in [6.45, 7) is 3.22. The first-order valence-corrected chi connectivity index (χ1v) is 6.10. The molecule has 6 nitrogen and oxygen atoms in total. The molecule has 0 saturated heterocycles. The van der Waals surface area contributed by atoms with Crippen molar-refractivity contribution in [1.82, 2.24) is 5.32 Å². The van der Waals surface area contributed by atoms with Crippen LogP contribution in [0.1, 0.15) is 6.42 Å². The van der Waals surface area contributed by atoms with Crippen LogP contribution in [-0.2, 0) is 19.4 Å². The van der Waals surface area contributed by atoms with Crippen LogP contribution in [0.4, 0.5) is 0 Å². The van der Waals surface area contributed by atoms with E-state index in [0.717, 1.165) is 11.5 Å². The Morgan fingerprint density at radius 1 is 1.38 bits per heavy atom. The number of amides is 1. The van der Waals surface area contributed by atoms with Crippen molar-refractivity contribution in [2.45, 2.75) is 6.42 Å². The topological polar surface area (TPSA) is 101 Å². The summed E-state index contributed by atoms with van der Waals surface area (Å²) in [4.78, 5) is 21.1. The molecule has 0 bridgehead atoms. The molecule has 0 rings (SSSR count). The third-order valence-electron chi connectivity index (χ3n) is 1.42. The van der Waals surface area contributed by atoms with E-state index in [1.54, 1.807) is 0 Å². The minimum absolute atomic E-state index is 0.0417. The molecule has 0 aliphatic carbocycles. The molecule has 0 heterocycles. The Balaban J connectivity index is 4.09. The van der Waals surface area contributed by atoms with Crippen LogP contribution in [0.2, 0.25) is 0 Å². The molecule has 0 atom stereocenters. The highest BCUT2D eigenvalue weighted by Gasteiger charge is 2.04. The SMILES string of the molecule is C=CCS(=O)(=O)/C=C/C(=O)NCCC(=O)O. The van der Waals surface area contributed by atoms with Gasteiger partial charge in [0.25, 0.3) is 0 Å². The number of carboxylic acids is 1. The van der Waals surface area contributed by atoms with E-state index in [1.165, 1.54) is 6.08 Å². The summed E-state index contributed by atoms with van der Waals surface area (Å²) in [6.07, 6.45) is 1.85. The number of rotatable bonds is 7. The second kappa shape index (κ2) is 6.78. The van der Waals surface area contributed by atoms with Crippen LogP contribution in [0.5, 0.6) is 0 Å². The van der Waals surface area contributed by atoms with Gasteiger partial charge in [-0.3, -0.25) is 9.59 Å². The number of hydrogen-bond acceptors (Lipinski definition) is 4. The van der Waals surface area contributed by atoms with Gasteiger partial charge in [-0.25, -0.2) is 8.42 Å². The van der Waals surface area contributed by atoms with E-state index in [9.17, 15) is 18.0 Å². The molecule has 0 radical (unpaired) electrons. The van der Waals surface area contributed by atoms with E-state index < -0.39 is 21.7 Å². The third kappa shape index (κ3) is 7.74. The van der Waals surface area contributed by atoms with Crippen LogP contribution >= 0.6 is 0 Å². The van der Waals surface area contributed by atoms with Crippen LogP contribution in [-0.4, -0.2) is 37.7 Å². The van der Waals surface area contributed by atoms with Crippen LogP contribution < -0.4 is 5.32 Å². The minimum Gasteiger partial charge on any atom is -0.481 e. The van der Waals surface area contributed by atoms with Gasteiger partial charge in [0.05, 0.1) is 12.2 Å². The zero-order valence-electron chi connectivity index (χ0n) is 8.55. The summed E-state index contributed by atoms with van der Waals surface area (Å²) >= 11 is 0. The monoisotopic (exact) mass is 247 g/mol. The van der Waals surface area contributed by atoms with Gasteiger partial charge >= 0.3 is 5.97 Å². The summed E-state index contributed by atoms with van der Waals surface area (Å²) in [5.74, 6) is -1.93. The van der Waals surface area contributed by atoms with E-state index in [0.29, 0.717) is 0 Å². The maximum Gasteiger partial charge on any atom is 0.305 e. The Hall–Kier alpha value is -1.63. The summed E-state index contributed by atoms with van der Waals surface area (Å²) in [6, 6.07) is 0. The van der Waals surface area contributed by atoms with Crippen molar-refractivity contribution in [3.8, 4) is 0 Å². The molecule has 0 spiro atoms. The highest BCUT2D eigenvalue weighted by molar-refractivity contribution is 7.94. The standard InChI is InChI=1S/C9H13NO5S/c1-2-6-16(14,15)7-4-8(11)10-5-3-9(12)13/h2,4,7H,1,3,5-6H2,(H,10,11)(H,12,13)/b7-4+. The number of carbonyl (C=O) groups is 2. The number of carboxylic acid groups (broad SMARTS) is 1. The molecule has 0 aromatic heterocycles. The molecule has 0 aliphatic rings. The van der Waals surface area contributed by atoms with Gasteiger partial charge in [0.1, 0.15) is 0 Å². The van der Waals surface area contributed by atoms with Crippen LogP contribution in [0.3, 0.4) is 0 Å². The van der Waals surface area contributed by atoms with E-state index in [2.05, 4.69) is 11.9 Å². The molecule has 0 aromatic rings. The lowest BCUT2D eigenvalue weighted by Gasteiger charge is -1.98. The van der Waals surface area contributed by atoms with Crippen molar-refractivity contribution in [3.05, 3.63) is 24.1 Å². The first-order valence-electron chi connectivity index (χ1n) is 4.39. The van der Waals surface area contributed by atoms with Gasteiger partial charge in [0.15, 0.2) is 9.84 Å². The number of aliphatic carboxylic acids is 1. The Labute approximate surface area is 93.6 Å². The van der Waals surface area contributed by atoms with Crippen molar-refractivity contribution in [3.63, 3.8) is 0 Å². The van der Waals surface area contributed by atoms with Gasteiger partial charge in [-0.15, -0.1) is 6.58 Å². The quantitative estimate of drug-likeness (QED) is 0.475. The average molecular weight is 247 g/mol. The molecule has 0 unspecified atom stereocenters. The van der Waals surface area contributed by atoms with Crippen molar-refractivity contribution in [2.75, 3.05) is 12.3 Å². The zero-order chi connectivity index (χ0) is 12.6. The largest absolute Gasteiger partial charge is 0.481 e. The molecule has 0 fully saturated rings. The van der Waals surface area contributed by atoms with E-state index in [4.69, 9.17) is 5.11 Å². The Morgan fingerprint density at radius 2 is 2.00 bits per heavy atom. The van der Waals surface area contributed by atoms with Crippen LogP contribution in [0, 0.1) is 0 Å². The predicted molar refractivity (Wildman–Crippen MR) is 58.4 cm³/mol. The van der Waals surface area contributed by atoms with Crippen LogP contribution in [0.15, 0.2) is 24.1 Å². The molecule has 16 heavy (non-hydrogen) atoms. The number of hydrogen-bond donors (Lipinski definition) is 2. The summed E-state index contributed by atoms with van der Waals surface area (Å²) in [7, 11) is -3.44. The summed E-state index contributed by atoms with van der Waals surface area (Å²) < 4.78 is 22.2. The second-order valence-electron chi connectivity index (χ2n) is 2.86. The van der Waals surface area contributed by atoms with Crippen LogP contribution in [0.25, 0.3) is 0 Å². The summed E-state index contributed by atoms with van der Waals surface area (Å²) in [5.41, 5.74) is 0. The minimum atomic E-state index is -3.44. The third-order valence-corrected chi connectivity index (χ3v) is 2.67.